The fourth-order valence-electron chi connectivity index (χ4n) is 3.23. The second-order valence-electron chi connectivity index (χ2n) is 8.01. The topological polar surface area (TPSA) is 84.2 Å². The van der Waals surface area contributed by atoms with Crippen LogP contribution in [-0.2, 0) is 9.84 Å². The molecule has 10 heteroatoms. The third-order valence-corrected chi connectivity index (χ3v) is 9.65. The minimum absolute atomic E-state index is 0. The van der Waals surface area contributed by atoms with Crippen molar-refractivity contribution < 1.29 is 12.7 Å². The van der Waals surface area contributed by atoms with Crippen LogP contribution >= 0.6 is 56.3 Å². The van der Waals surface area contributed by atoms with Gasteiger partial charge in [0.25, 0.3) is 0 Å². The summed E-state index contributed by atoms with van der Waals surface area (Å²) in [5.41, 5.74) is 8.21. The summed E-state index contributed by atoms with van der Waals surface area (Å²) >= 11 is 12.6. The van der Waals surface area contributed by atoms with Gasteiger partial charge in [-0.2, -0.15) is 0 Å². The van der Waals surface area contributed by atoms with E-state index in [-0.39, 0.29) is 39.7 Å². The Labute approximate surface area is 282 Å². The van der Waals surface area contributed by atoms with Gasteiger partial charge in [0.05, 0.1) is 16.3 Å². The molecule has 2 heterocycles. The minimum Gasteiger partial charge on any atom is -0.398 e. The first-order valence-electron chi connectivity index (χ1n) is 12.1. The highest BCUT2D eigenvalue weighted by atomic mass is 79.9. The Balaban J connectivity index is -0.000000108. The Bertz CT molecular complexity index is 1150. The van der Waals surface area contributed by atoms with Gasteiger partial charge < -0.3 is 16.4 Å². The summed E-state index contributed by atoms with van der Waals surface area (Å²) in [6, 6.07) is 23.0. The molecule has 2 aliphatic rings. The zero-order valence-electron chi connectivity index (χ0n) is 20.7. The molecule has 0 saturated carbocycles. The Morgan fingerprint density at radius 3 is 1.93 bits per heavy atom. The van der Waals surface area contributed by atoms with Crippen LogP contribution in [0.1, 0.15) is 53.2 Å². The number of thioether (sulfide) groups is 1. The number of halogens is 2. The molecule has 4 N–H and O–H groups in total. The van der Waals surface area contributed by atoms with Crippen molar-refractivity contribution in [1.82, 2.24) is 0 Å². The Kier molecular flexibility index (Phi) is 27.1. The molecule has 0 unspecified atom stereocenters. The number of hydrogen-bond donors (Lipinski definition) is 4. The summed E-state index contributed by atoms with van der Waals surface area (Å²) in [4.78, 5) is 2.67. The lowest BCUT2D eigenvalue weighted by atomic mass is 10.3. The van der Waals surface area contributed by atoms with Crippen LogP contribution in [0.4, 0.5) is 17.1 Å². The Morgan fingerprint density at radius 2 is 1.34 bits per heavy atom. The van der Waals surface area contributed by atoms with Gasteiger partial charge in [-0.15, -0.1) is 24.4 Å². The number of fused-ring (bicyclic) bond motifs is 2. The van der Waals surface area contributed by atoms with E-state index in [0.29, 0.717) is 11.3 Å². The van der Waals surface area contributed by atoms with E-state index >= 15 is 0 Å². The lowest BCUT2D eigenvalue weighted by molar-refractivity contribution is 0.596. The summed E-state index contributed by atoms with van der Waals surface area (Å²) in [6.45, 7) is 1.85. The van der Waals surface area contributed by atoms with E-state index in [0.717, 1.165) is 40.0 Å². The summed E-state index contributed by atoms with van der Waals surface area (Å²) in [5, 5.41) is 8.72. The van der Waals surface area contributed by atoms with Crippen LogP contribution in [0.5, 0.6) is 0 Å². The molecule has 0 radical (unpaired) electrons. The molecule has 0 saturated heterocycles. The molecule has 2 aliphatic heterocycles. The van der Waals surface area contributed by atoms with Crippen LogP contribution < -0.4 is 16.4 Å². The average Bonchev–Trinajstić information content (AvgIpc) is 3.24. The number of rotatable bonds is 2. The molecule has 0 bridgehead atoms. The highest BCUT2D eigenvalue weighted by Crippen LogP contribution is 2.29. The molecule has 0 aliphatic carbocycles. The number of thiol groups is 1. The van der Waals surface area contributed by atoms with Crippen LogP contribution in [0.3, 0.4) is 0 Å². The fraction of sp³-hybridized carbons (Fsp3) is 0.419. The van der Waals surface area contributed by atoms with E-state index in [2.05, 4.69) is 79.4 Å². The summed E-state index contributed by atoms with van der Waals surface area (Å²) < 4.78 is 23.3. The van der Waals surface area contributed by atoms with Gasteiger partial charge in [0.15, 0.2) is 9.84 Å². The van der Waals surface area contributed by atoms with Gasteiger partial charge in [-0.1, -0.05) is 98.0 Å². The summed E-state index contributed by atoms with van der Waals surface area (Å²) in [6.07, 6.45) is 3.16. The number of nitrogens with two attached hydrogens (primary N) is 1. The van der Waals surface area contributed by atoms with Crippen LogP contribution in [-0.4, -0.2) is 43.7 Å². The molecule has 41 heavy (non-hydrogen) atoms. The smallest absolute Gasteiger partial charge is 0.180 e. The zero-order chi connectivity index (χ0) is 26.9. The van der Waals surface area contributed by atoms with Crippen molar-refractivity contribution in [3.8, 4) is 0 Å². The number of nitrogen functional groups attached to an aromatic ring is 1. The monoisotopic (exact) mass is 760 g/mol. The molecular weight excluding hydrogens is 702 g/mol. The predicted octanol–water partition coefficient (Wildman–Crippen LogP) is 10.9. The van der Waals surface area contributed by atoms with Gasteiger partial charge in [0, 0.05) is 49.2 Å². The van der Waals surface area contributed by atoms with E-state index in [1.165, 1.54) is 29.2 Å². The first-order valence-corrected chi connectivity index (χ1v) is 17.4. The van der Waals surface area contributed by atoms with Crippen molar-refractivity contribution in [1.29, 1.82) is 0 Å². The van der Waals surface area contributed by atoms with E-state index in [4.69, 9.17) is 5.73 Å². The number of hydrogen-bond acceptors (Lipinski definition) is 7. The molecule has 0 amide bonds. The molecule has 0 fully saturated rings. The largest absolute Gasteiger partial charge is 0.398 e. The maximum absolute atomic E-state index is 11.7. The average molecular weight is 763 g/mol. The molecule has 5 rings (SSSR count). The third kappa shape index (κ3) is 16.8. The van der Waals surface area contributed by atoms with Crippen LogP contribution in [0.25, 0.3) is 0 Å². The Morgan fingerprint density at radius 1 is 0.805 bits per heavy atom. The van der Waals surface area contributed by atoms with Crippen LogP contribution in [0, 0.1) is 0 Å². The van der Waals surface area contributed by atoms with Gasteiger partial charge >= 0.3 is 0 Å². The molecule has 5 nitrogen and oxygen atoms in total. The van der Waals surface area contributed by atoms with E-state index < -0.39 is 9.84 Å². The standard InChI is InChI=1S/C9H11NO2S.C9H11NS.C6H7NS.C3H6Br2.4CH4.3H2/c11-13(12)7-3-6-10-8-4-1-2-5-9(8)13;1-2-5-9-8(4-1)10-6-3-7-11-9;7-5-3-1-2-4-6(5)8;4-2-1-3-5;;;;;;;/h1-2,4-5,10H,3,6-7H2;1-2,4-5,10H,3,6-7H2;1-4,8H,7H2;1-3H2;4*1H4;3*1H/i;;;;;;;;3*1+1. The van der Waals surface area contributed by atoms with Crippen LogP contribution in [0.2, 0.25) is 0 Å². The lowest BCUT2D eigenvalue weighted by Gasteiger charge is -2.05. The lowest BCUT2D eigenvalue weighted by Crippen LogP contribution is -2.04. The maximum atomic E-state index is 11.7. The number of benzene rings is 3. The van der Waals surface area contributed by atoms with Gasteiger partial charge in [-0.3, -0.25) is 0 Å². The second-order valence-corrected chi connectivity index (χ2v) is 13.3. The molecule has 0 atom stereocenters. The fourth-order valence-corrected chi connectivity index (χ4v) is 7.19. The van der Waals surface area contributed by atoms with E-state index in [1.807, 2.05) is 42.1 Å². The summed E-state index contributed by atoms with van der Waals surface area (Å²) in [7, 11) is -3.04. The van der Waals surface area contributed by atoms with E-state index in [1.54, 1.807) is 18.2 Å². The van der Waals surface area contributed by atoms with Crippen molar-refractivity contribution >= 4 is 83.1 Å². The number of sulfone groups is 1. The summed E-state index contributed by atoms with van der Waals surface area (Å²) in [5.74, 6) is 1.49. The molecule has 3 aromatic carbocycles. The SMILES string of the molecule is BrCCCBr.C.C.C.C.Nc1ccccc1S.O=S1(=O)CCCNc2ccccc21.[2HH].[2HH].[2HH].c1ccc2c(c1)NCCCS2. The molecule has 0 spiro atoms. The quantitative estimate of drug-likeness (QED) is 0.118. The van der Waals surface area contributed by atoms with Crippen LogP contribution in [0.15, 0.2) is 87.5 Å². The highest BCUT2D eigenvalue weighted by Gasteiger charge is 2.20. The molecule has 240 valence electrons. The van der Waals surface area contributed by atoms with Gasteiger partial charge in [-0.05, 0) is 61.4 Å². The number of anilines is 3. The molecule has 3 aromatic rings. The van der Waals surface area contributed by atoms with Crippen molar-refractivity contribution in [2.24, 2.45) is 0 Å². The van der Waals surface area contributed by atoms with Crippen molar-refractivity contribution in [3.63, 3.8) is 0 Å². The van der Waals surface area contributed by atoms with Crippen molar-refractivity contribution in [2.45, 2.75) is 63.7 Å². The highest BCUT2D eigenvalue weighted by molar-refractivity contribution is 9.09. The predicted molar refractivity (Wildman–Crippen MR) is 205 cm³/mol. The van der Waals surface area contributed by atoms with Crippen molar-refractivity contribution in [2.75, 3.05) is 51.6 Å². The van der Waals surface area contributed by atoms with Gasteiger partial charge in [0.1, 0.15) is 0 Å². The van der Waals surface area contributed by atoms with E-state index in [9.17, 15) is 8.42 Å². The minimum atomic E-state index is -3.04. The molecular formula is C31H57Br2N3O2S3. The normalized spacial score (nSPS) is 13.4. The third-order valence-electron chi connectivity index (χ3n) is 5.11. The zero-order valence-corrected chi connectivity index (χ0v) is 26.4. The number of alkyl halides is 2. The van der Waals surface area contributed by atoms with Gasteiger partial charge in [0.2, 0.25) is 0 Å². The maximum Gasteiger partial charge on any atom is 0.180 e. The Hall–Kier alpha value is -1.33. The first kappa shape index (κ1) is 44.1. The number of para-hydroxylation sites is 3. The second kappa shape index (κ2) is 25.2. The number of nitrogens with one attached hydrogen (secondary N) is 2. The first-order chi connectivity index (χ1) is 17.9. The molecule has 0 aromatic heterocycles. The van der Waals surface area contributed by atoms with Gasteiger partial charge in [-0.25, -0.2) is 8.42 Å². The van der Waals surface area contributed by atoms with Crippen molar-refractivity contribution in [3.05, 3.63) is 72.8 Å².